The monoisotopic (exact) mass is 515 g/mol. The molecule has 11 heteroatoms. The highest BCUT2D eigenvalue weighted by Gasteiger charge is 2.48. The lowest BCUT2D eigenvalue weighted by molar-refractivity contribution is -0.135. The fourth-order valence-corrected chi connectivity index (χ4v) is 7.21. The van der Waals surface area contributed by atoms with E-state index >= 15 is 0 Å². The molecule has 0 radical (unpaired) electrons. The van der Waals surface area contributed by atoms with Crippen molar-refractivity contribution in [3.63, 3.8) is 0 Å². The number of hydrogen-bond donors (Lipinski definition) is 2. The van der Waals surface area contributed by atoms with Crippen LogP contribution in [0.4, 0.5) is 13.2 Å². The number of aliphatic hydroxyl groups is 2. The molecule has 2 fully saturated rings. The van der Waals surface area contributed by atoms with Gasteiger partial charge in [-0.3, -0.25) is 9.58 Å². The number of likely N-dealkylation sites (tertiary alicyclic amines) is 1. The van der Waals surface area contributed by atoms with Crippen molar-refractivity contribution in [2.75, 3.05) is 19.8 Å². The van der Waals surface area contributed by atoms with Gasteiger partial charge in [0, 0.05) is 47.9 Å². The highest BCUT2D eigenvalue weighted by Crippen LogP contribution is 2.51. The van der Waals surface area contributed by atoms with Crippen molar-refractivity contribution >= 4 is 11.3 Å². The van der Waals surface area contributed by atoms with E-state index in [0.29, 0.717) is 62.6 Å². The smallest absolute Gasteiger partial charge is 0.392 e. The lowest BCUT2D eigenvalue weighted by Gasteiger charge is -2.47. The van der Waals surface area contributed by atoms with Gasteiger partial charge in [0.1, 0.15) is 10.5 Å². The van der Waals surface area contributed by atoms with Gasteiger partial charge in [0.05, 0.1) is 38.2 Å². The zero-order valence-electron chi connectivity index (χ0n) is 19.8. The second-order valence-electron chi connectivity index (χ2n) is 9.93. The van der Waals surface area contributed by atoms with Crippen LogP contribution >= 0.6 is 11.3 Å². The molecule has 1 spiro atoms. The van der Waals surface area contributed by atoms with Crippen molar-refractivity contribution < 1.29 is 32.9 Å². The van der Waals surface area contributed by atoms with Crippen LogP contribution in [0.25, 0.3) is 0 Å². The molecule has 3 aliphatic heterocycles. The molecule has 35 heavy (non-hydrogen) atoms. The molecular formula is C24H32F3N3O4S. The summed E-state index contributed by atoms with van der Waals surface area (Å²) >= 11 is 0.750. The molecule has 2 aromatic rings. The maximum atomic E-state index is 13.6. The zero-order chi connectivity index (χ0) is 24.8. The first-order chi connectivity index (χ1) is 16.7. The van der Waals surface area contributed by atoms with Gasteiger partial charge in [-0.05, 0) is 44.6 Å². The first-order valence-corrected chi connectivity index (χ1v) is 13.0. The summed E-state index contributed by atoms with van der Waals surface area (Å²) in [7, 11) is 0. The van der Waals surface area contributed by atoms with Crippen LogP contribution in [0.1, 0.15) is 59.1 Å². The molecule has 2 unspecified atom stereocenters. The van der Waals surface area contributed by atoms with Crippen molar-refractivity contribution in [3.05, 3.63) is 38.8 Å². The Morgan fingerprint density at radius 2 is 2.17 bits per heavy atom. The third-order valence-corrected chi connectivity index (χ3v) is 9.07. The Morgan fingerprint density at radius 1 is 1.34 bits per heavy atom. The molecule has 2 N–H and O–H groups in total. The number of fused-ring (bicyclic) bond motifs is 2. The van der Waals surface area contributed by atoms with E-state index in [1.54, 1.807) is 10.9 Å². The minimum Gasteiger partial charge on any atom is -0.392 e. The van der Waals surface area contributed by atoms with Gasteiger partial charge in [0.25, 0.3) is 0 Å². The van der Waals surface area contributed by atoms with Crippen LogP contribution in [0, 0.1) is 0 Å². The molecule has 5 heterocycles. The van der Waals surface area contributed by atoms with Gasteiger partial charge in [0.2, 0.25) is 0 Å². The van der Waals surface area contributed by atoms with Crippen LogP contribution in [-0.2, 0) is 47.4 Å². The van der Waals surface area contributed by atoms with E-state index in [1.807, 2.05) is 6.20 Å². The topological polar surface area (TPSA) is 80.0 Å². The average Bonchev–Trinajstić information content (AvgIpc) is 3.55. The molecule has 0 aromatic carbocycles. The van der Waals surface area contributed by atoms with E-state index in [1.165, 1.54) is 0 Å². The summed E-state index contributed by atoms with van der Waals surface area (Å²) in [6.07, 6.45) is 1.95. The van der Waals surface area contributed by atoms with Crippen molar-refractivity contribution in [2.24, 2.45) is 0 Å². The van der Waals surface area contributed by atoms with Gasteiger partial charge in [-0.15, -0.1) is 11.3 Å². The molecule has 2 aromatic heterocycles. The first kappa shape index (κ1) is 25.2. The average molecular weight is 516 g/mol. The van der Waals surface area contributed by atoms with Crippen molar-refractivity contribution in [3.8, 4) is 0 Å². The standard InChI is InChI=1S/C24H32F3N3O4S/c1-15-9-23(21-17(4-8-34-23)18(14-31)22(35-21)24(25,26)27)5-6-29(15)11-16-10-28-30(12-16)13-19(32)20-3-2-7-33-20/h10,12,15,19-20,31-32H,2-9,11,13-14H2,1H3/t15-,19?,20?,23+/m0/s1. The summed E-state index contributed by atoms with van der Waals surface area (Å²) in [5, 5.41) is 24.5. The van der Waals surface area contributed by atoms with E-state index in [-0.39, 0.29) is 17.7 Å². The Kier molecular flexibility index (Phi) is 7.01. The quantitative estimate of drug-likeness (QED) is 0.614. The summed E-state index contributed by atoms with van der Waals surface area (Å²) in [4.78, 5) is 2.25. The number of thiophene rings is 1. The third kappa shape index (κ3) is 4.91. The number of rotatable bonds is 6. The SMILES string of the molecule is C[C@H]1C[C@@]2(CCN1Cc1cnn(CC(O)C3CCCO3)c1)OCCc1c2sc(C(F)(F)F)c1CO. The summed E-state index contributed by atoms with van der Waals surface area (Å²) in [6, 6.07) is 0.0875. The van der Waals surface area contributed by atoms with Crippen molar-refractivity contribution in [2.45, 2.75) is 88.8 Å². The Bertz CT molecular complexity index is 1040. The zero-order valence-corrected chi connectivity index (χ0v) is 20.6. The number of aromatic nitrogens is 2. The van der Waals surface area contributed by atoms with Gasteiger partial charge < -0.3 is 19.7 Å². The fraction of sp³-hybridized carbons (Fsp3) is 0.708. The lowest BCUT2D eigenvalue weighted by Crippen LogP contribution is -2.50. The molecule has 0 bridgehead atoms. The van der Waals surface area contributed by atoms with E-state index < -0.39 is 29.4 Å². The third-order valence-electron chi connectivity index (χ3n) is 7.57. The van der Waals surface area contributed by atoms with Crippen LogP contribution in [0.5, 0.6) is 0 Å². The number of alkyl halides is 3. The molecule has 0 aliphatic carbocycles. The Labute approximate surface area is 206 Å². The number of halogens is 3. The number of ether oxygens (including phenoxy) is 2. The number of aliphatic hydroxyl groups excluding tert-OH is 2. The van der Waals surface area contributed by atoms with Gasteiger partial charge in [-0.1, -0.05) is 0 Å². The summed E-state index contributed by atoms with van der Waals surface area (Å²) < 4.78 is 54.4. The van der Waals surface area contributed by atoms with Crippen LogP contribution < -0.4 is 0 Å². The highest BCUT2D eigenvalue weighted by atomic mass is 32.1. The Hall–Kier alpha value is -1.50. The van der Waals surface area contributed by atoms with Crippen LogP contribution in [0.2, 0.25) is 0 Å². The molecule has 0 amide bonds. The molecular weight excluding hydrogens is 483 g/mol. The highest BCUT2D eigenvalue weighted by molar-refractivity contribution is 7.12. The lowest BCUT2D eigenvalue weighted by atomic mass is 9.81. The van der Waals surface area contributed by atoms with Gasteiger partial charge >= 0.3 is 6.18 Å². The van der Waals surface area contributed by atoms with Crippen LogP contribution in [-0.4, -0.2) is 62.9 Å². The number of piperidine rings is 1. The Morgan fingerprint density at radius 3 is 2.86 bits per heavy atom. The van der Waals surface area contributed by atoms with Gasteiger partial charge in [0.15, 0.2) is 0 Å². The second kappa shape index (κ2) is 9.75. The molecule has 5 rings (SSSR count). The molecule has 194 valence electrons. The maximum absolute atomic E-state index is 13.6. The van der Waals surface area contributed by atoms with Crippen LogP contribution in [0.3, 0.4) is 0 Å². The van der Waals surface area contributed by atoms with E-state index in [9.17, 15) is 23.4 Å². The van der Waals surface area contributed by atoms with E-state index in [4.69, 9.17) is 9.47 Å². The Balaban J connectivity index is 1.27. The number of hydrogen-bond acceptors (Lipinski definition) is 7. The van der Waals surface area contributed by atoms with Gasteiger partial charge in [-0.25, -0.2) is 0 Å². The number of nitrogens with zero attached hydrogens (tertiary/aromatic N) is 3. The minimum absolute atomic E-state index is 0.0212. The second-order valence-corrected chi connectivity index (χ2v) is 10.9. The molecule has 3 aliphatic rings. The van der Waals surface area contributed by atoms with Crippen molar-refractivity contribution in [1.82, 2.24) is 14.7 Å². The van der Waals surface area contributed by atoms with Gasteiger partial charge in [-0.2, -0.15) is 18.3 Å². The molecule has 2 saturated heterocycles. The largest absolute Gasteiger partial charge is 0.425 e. The fourth-order valence-electron chi connectivity index (χ4n) is 5.80. The molecule has 0 saturated carbocycles. The summed E-state index contributed by atoms with van der Waals surface area (Å²) in [6.45, 7) is 4.25. The van der Waals surface area contributed by atoms with E-state index in [2.05, 4.69) is 16.9 Å². The minimum atomic E-state index is -4.48. The maximum Gasteiger partial charge on any atom is 0.425 e. The summed E-state index contributed by atoms with van der Waals surface area (Å²) in [5.74, 6) is 0. The normalized spacial score (nSPS) is 28.5. The van der Waals surface area contributed by atoms with E-state index in [0.717, 1.165) is 29.7 Å². The molecule has 7 nitrogen and oxygen atoms in total. The predicted molar refractivity (Wildman–Crippen MR) is 123 cm³/mol. The summed E-state index contributed by atoms with van der Waals surface area (Å²) in [5.41, 5.74) is 0.934. The predicted octanol–water partition coefficient (Wildman–Crippen LogP) is 3.45. The van der Waals surface area contributed by atoms with Crippen molar-refractivity contribution in [1.29, 1.82) is 0 Å². The molecule has 4 atom stereocenters. The first-order valence-electron chi connectivity index (χ1n) is 12.2. The van der Waals surface area contributed by atoms with Crippen LogP contribution in [0.15, 0.2) is 12.4 Å².